The van der Waals surface area contributed by atoms with Gasteiger partial charge in [0.1, 0.15) is 5.76 Å². The minimum absolute atomic E-state index is 0.0387. The molecule has 4 nitrogen and oxygen atoms in total. The molecule has 1 unspecified atom stereocenters. The number of nitrogens with zero attached hydrogens (tertiary/aromatic N) is 2. The summed E-state index contributed by atoms with van der Waals surface area (Å²) in [7, 11) is 0. The van der Waals surface area contributed by atoms with Gasteiger partial charge in [-0.2, -0.15) is 0 Å². The number of carbonyl (C=O) groups excluding carboxylic acids is 1. The highest BCUT2D eigenvalue weighted by Crippen LogP contribution is 2.35. The first-order valence-electron chi connectivity index (χ1n) is 12.8. The van der Waals surface area contributed by atoms with Crippen LogP contribution in [0.2, 0.25) is 0 Å². The summed E-state index contributed by atoms with van der Waals surface area (Å²) >= 11 is 0. The van der Waals surface area contributed by atoms with E-state index in [1.807, 2.05) is 12.1 Å². The largest absolute Gasteiger partial charge is 0.456 e. The van der Waals surface area contributed by atoms with Crippen molar-refractivity contribution in [3.05, 3.63) is 95.4 Å². The zero-order valence-electron chi connectivity index (χ0n) is 20.4. The van der Waals surface area contributed by atoms with Crippen LogP contribution in [0, 0.1) is 0 Å². The van der Waals surface area contributed by atoms with Crippen molar-refractivity contribution >= 4 is 5.91 Å². The van der Waals surface area contributed by atoms with E-state index >= 15 is 0 Å². The summed E-state index contributed by atoms with van der Waals surface area (Å²) in [6, 6.07) is 25.6. The molecule has 0 bridgehead atoms. The molecule has 0 N–H and O–H groups in total. The highest BCUT2D eigenvalue weighted by Gasteiger charge is 2.39. The number of likely N-dealkylation sites (tertiary alicyclic amines) is 2. The van der Waals surface area contributed by atoms with Gasteiger partial charge in [-0.15, -0.1) is 0 Å². The van der Waals surface area contributed by atoms with Crippen molar-refractivity contribution in [2.45, 2.75) is 56.9 Å². The van der Waals surface area contributed by atoms with Crippen molar-refractivity contribution < 1.29 is 9.21 Å². The van der Waals surface area contributed by atoms with Crippen molar-refractivity contribution in [1.82, 2.24) is 9.80 Å². The molecule has 2 aliphatic rings. The molecule has 0 aliphatic carbocycles. The Balaban J connectivity index is 1.33. The number of hydrogen-bond donors (Lipinski definition) is 0. The van der Waals surface area contributed by atoms with Gasteiger partial charge in [0.2, 0.25) is 0 Å². The molecule has 2 aliphatic heterocycles. The first-order valence-corrected chi connectivity index (χ1v) is 12.8. The summed E-state index contributed by atoms with van der Waals surface area (Å²) < 4.78 is 6.04. The molecule has 0 radical (unpaired) electrons. The lowest BCUT2D eigenvalue weighted by Gasteiger charge is -2.28. The lowest BCUT2D eigenvalue weighted by Crippen LogP contribution is -2.42. The number of benzene rings is 2. The Labute approximate surface area is 203 Å². The molecule has 4 atom stereocenters. The van der Waals surface area contributed by atoms with Crippen LogP contribution in [0.3, 0.4) is 0 Å². The van der Waals surface area contributed by atoms with Gasteiger partial charge in [0.25, 0.3) is 5.91 Å². The monoisotopic (exact) mass is 456 g/mol. The topological polar surface area (TPSA) is 36.7 Å². The van der Waals surface area contributed by atoms with Gasteiger partial charge in [0.05, 0.1) is 0 Å². The SMILES string of the molecule is CCC(C)c1ccc(C(=O)N2C[C@@H](c3ccccc3)C[C@H]2CN2CC[C@H](c3ccccc3)C2)o1. The molecule has 2 fully saturated rings. The highest BCUT2D eigenvalue weighted by molar-refractivity contribution is 5.92. The Morgan fingerprint density at radius 2 is 1.62 bits per heavy atom. The average Bonchev–Trinajstić information content (AvgIpc) is 3.65. The highest BCUT2D eigenvalue weighted by atomic mass is 16.4. The zero-order chi connectivity index (χ0) is 23.5. The normalized spacial score (nSPS) is 23.9. The van der Waals surface area contributed by atoms with Crippen molar-refractivity contribution in [1.29, 1.82) is 0 Å². The molecule has 3 aromatic rings. The van der Waals surface area contributed by atoms with Crippen LogP contribution in [0.4, 0.5) is 0 Å². The maximum Gasteiger partial charge on any atom is 0.289 e. The lowest BCUT2D eigenvalue weighted by atomic mass is 9.96. The van der Waals surface area contributed by atoms with Gasteiger partial charge < -0.3 is 14.2 Å². The fourth-order valence-electron chi connectivity index (χ4n) is 5.67. The Kier molecular flexibility index (Phi) is 6.87. The van der Waals surface area contributed by atoms with Crippen LogP contribution in [-0.2, 0) is 0 Å². The number of furan rings is 1. The van der Waals surface area contributed by atoms with Gasteiger partial charge in [-0.05, 0) is 55.0 Å². The third kappa shape index (κ3) is 4.83. The van der Waals surface area contributed by atoms with Crippen molar-refractivity contribution in [3.63, 3.8) is 0 Å². The van der Waals surface area contributed by atoms with Gasteiger partial charge in [-0.1, -0.05) is 74.5 Å². The van der Waals surface area contributed by atoms with Crippen LogP contribution in [0.15, 0.2) is 77.2 Å². The summed E-state index contributed by atoms with van der Waals surface area (Å²) in [5.74, 6) is 2.71. The van der Waals surface area contributed by atoms with Gasteiger partial charge >= 0.3 is 0 Å². The first-order chi connectivity index (χ1) is 16.6. The molecular weight excluding hydrogens is 420 g/mol. The summed E-state index contributed by atoms with van der Waals surface area (Å²) in [4.78, 5) is 18.3. The van der Waals surface area contributed by atoms with E-state index in [9.17, 15) is 4.79 Å². The van der Waals surface area contributed by atoms with E-state index in [2.05, 4.69) is 84.3 Å². The van der Waals surface area contributed by atoms with Crippen molar-refractivity contribution in [2.24, 2.45) is 0 Å². The average molecular weight is 457 g/mol. The summed E-state index contributed by atoms with van der Waals surface area (Å²) in [6.45, 7) is 8.13. The third-order valence-electron chi connectivity index (χ3n) is 7.89. The van der Waals surface area contributed by atoms with E-state index in [1.54, 1.807) is 0 Å². The Hall–Kier alpha value is -2.85. The Bertz CT molecular complexity index is 1080. The molecule has 0 spiro atoms. The summed E-state index contributed by atoms with van der Waals surface area (Å²) in [5.41, 5.74) is 2.76. The molecule has 5 rings (SSSR count). The van der Waals surface area contributed by atoms with Crippen LogP contribution in [0.25, 0.3) is 0 Å². The number of hydrogen-bond acceptors (Lipinski definition) is 3. The number of carbonyl (C=O) groups is 1. The summed E-state index contributed by atoms with van der Waals surface area (Å²) in [6.07, 6.45) is 3.19. The van der Waals surface area contributed by atoms with Crippen LogP contribution in [-0.4, -0.2) is 47.9 Å². The van der Waals surface area contributed by atoms with Crippen LogP contribution in [0.1, 0.15) is 78.3 Å². The van der Waals surface area contributed by atoms with E-state index in [0.717, 1.165) is 44.8 Å². The van der Waals surface area contributed by atoms with Crippen LogP contribution in [0.5, 0.6) is 0 Å². The fraction of sp³-hybridized carbons (Fsp3) is 0.433. The second-order valence-electron chi connectivity index (χ2n) is 10.1. The second kappa shape index (κ2) is 10.2. The molecule has 178 valence electrons. The Morgan fingerprint density at radius 1 is 0.941 bits per heavy atom. The molecule has 1 amide bonds. The molecule has 2 saturated heterocycles. The summed E-state index contributed by atoms with van der Waals surface area (Å²) in [5, 5.41) is 0. The van der Waals surface area contributed by atoms with Gasteiger partial charge in [0.15, 0.2) is 5.76 Å². The minimum atomic E-state index is 0.0387. The number of rotatable bonds is 7. The molecule has 1 aromatic heterocycles. The van der Waals surface area contributed by atoms with Gasteiger partial charge in [-0.3, -0.25) is 4.79 Å². The standard InChI is InChI=1S/C30H36N2O2/c1-3-22(2)28-14-15-29(34-28)30(33)32-20-26(24-12-8-5-9-13-24)18-27(32)21-31-17-16-25(19-31)23-10-6-4-7-11-23/h4-15,22,25-27H,3,16-21H2,1-2H3/t22?,25-,26-,27-/m0/s1. The minimum Gasteiger partial charge on any atom is -0.456 e. The lowest BCUT2D eigenvalue weighted by molar-refractivity contribution is 0.0672. The zero-order valence-corrected chi connectivity index (χ0v) is 20.4. The fourth-order valence-corrected chi connectivity index (χ4v) is 5.67. The quantitative estimate of drug-likeness (QED) is 0.420. The van der Waals surface area contributed by atoms with Crippen molar-refractivity contribution in [3.8, 4) is 0 Å². The first kappa shape index (κ1) is 22.9. The van der Waals surface area contributed by atoms with E-state index < -0.39 is 0 Å². The smallest absolute Gasteiger partial charge is 0.289 e. The van der Waals surface area contributed by atoms with E-state index in [0.29, 0.717) is 23.5 Å². The van der Waals surface area contributed by atoms with E-state index in [4.69, 9.17) is 4.42 Å². The second-order valence-corrected chi connectivity index (χ2v) is 10.1. The number of amides is 1. The predicted octanol–water partition coefficient (Wildman–Crippen LogP) is 6.28. The molecule has 34 heavy (non-hydrogen) atoms. The van der Waals surface area contributed by atoms with Gasteiger partial charge in [-0.25, -0.2) is 0 Å². The predicted molar refractivity (Wildman–Crippen MR) is 136 cm³/mol. The van der Waals surface area contributed by atoms with Crippen LogP contribution < -0.4 is 0 Å². The van der Waals surface area contributed by atoms with E-state index in [-0.39, 0.29) is 11.9 Å². The van der Waals surface area contributed by atoms with Gasteiger partial charge in [0, 0.05) is 37.5 Å². The van der Waals surface area contributed by atoms with E-state index in [1.165, 1.54) is 17.5 Å². The molecule has 4 heteroatoms. The molecular formula is C30H36N2O2. The Morgan fingerprint density at radius 3 is 2.29 bits per heavy atom. The molecule has 2 aromatic carbocycles. The van der Waals surface area contributed by atoms with Crippen LogP contribution >= 0.6 is 0 Å². The maximum atomic E-state index is 13.6. The maximum absolute atomic E-state index is 13.6. The third-order valence-corrected chi connectivity index (χ3v) is 7.89. The molecule has 3 heterocycles. The van der Waals surface area contributed by atoms with Crippen molar-refractivity contribution in [2.75, 3.05) is 26.2 Å². The molecule has 0 saturated carbocycles.